The fraction of sp³-hybridized carbons (Fsp3) is 0.364. The number of aryl methyl sites for hydroxylation is 1. The lowest BCUT2D eigenvalue weighted by atomic mass is 10.2. The van der Waals surface area contributed by atoms with Gasteiger partial charge in [-0.3, -0.25) is 0 Å². The van der Waals surface area contributed by atoms with E-state index >= 15 is 0 Å². The Balaban J connectivity index is 2.23. The molecule has 1 heterocycles. The first-order valence-corrected chi connectivity index (χ1v) is 7.67. The van der Waals surface area contributed by atoms with Crippen LogP contribution in [0.15, 0.2) is 18.2 Å². The molecule has 0 aliphatic rings. The molecule has 0 amide bonds. The van der Waals surface area contributed by atoms with Gasteiger partial charge in [-0.05, 0) is 24.6 Å². The lowest BCUT2D eigenvalue weighted by molar-refractivity contribution is 0.0697. The summed E-state index contributed by atoms with van der Waals surface area (Å²) in [6.45, 7) is 0.382. The quantitative estimate of drug-likeness (QED) is 0.860. The van der Waals surface area contributed by atoms with Gasteiger partial charge in [0.2, 0.25) is 0 Å². The van der Waals surface area contributed by atoms with E-state index < -0.39 is 15.8 Å². The molecule has 0 spiro atoms. The summed E-state index contributed by atoms with van der Waals surface area (Å²) >= 11 is 0. The van der Waals surface area contributed by atoms with Crippen molar-refractivity contribution in [2.24, 2.45) is 0 Å². The van der Waals surface area contributed by atoms with Crippen molar-refractivity contribution in [3.05, 3.63) is 23.8 Å². The Morgan fingerprint density at radius 2 is 2.16 bits per heavy atom. The van der Waals surface area contributed by atoms with E-state index in [0.29, 0.717) is 24.0 Å². The lowest BCUT2D eigenvalue weighted by Crippen LogP contribution is -2.08. The Kier molecular flexibility index (Phi) is 3.52. The van der Waals surface area contributed by atoms with Crippen LogP contribution in [-0.2, 0) is 16.4 Å². The lowest BCUT2D eigenvalue weighted by Gasteiger charge is -2.02. The van der Waals surface area contributed by atoms with Crippen molar-refractivity contribution in [1.29, 1.82) is 0 Å². The van der Waals surface area contributed by atoms with E-state index in [2.05, 4.69) is 10.3 Å². The van der Waals surface area contributed by atoms with Crippen LogP contribution in [0.5, 0.6) is 0 Å². The molecule has 8 heteroatoms. The molecule has 0 saturated heterocycles. The highest BCUT2D eigenvalue weighted by molar-refractivity contribution is 7.90. The second kappa shape index (κ2) is 4.96. The summed E-state index contributed by atoms with van der Waals surface area (Å²) in [5.74, 6) is -0.960. The first-order chi connectivity index (χ1) is 8.87. The van der Waals surface area contributed by atoms with Gasteiger partial charge in [-0.25, -0.2) is 17.9 Å². The highest BCUT2D eigenvalue weighted by atomic mass is 32.2. The molecular weight excluding hydrogens is 270 g/mol. The molecule has 0 unspecified atom stereocenters. The van der Waals surface area contributed by atoms with E-state index in [4.69, 9.17) is 5.11 Å². The van der Waals surface area contributed by atoms with Crippen molar-refractivity contribution in [2.75, 3.05) is 12.0 Å². The van der Waals surface area contributed by atoms with Gasteiger partial charge in [0, 0.05) is 12.8 Å². The van der Waals surface area contributed by atoms with Crippen LogP contribution in [0.3, 0.4) is 0 Å². The topological polar surface area (TPSA) is 102 Å². The Bertz CT molecular complexity index is 721. The van der Waals surface area contributed by atoms with Gasteiger partial charge in [-0.15, -0.1) is 5.10 Å². The number of aromatic nitrogens is 3. The van der Waals surface area contributed by atoms with Gasteiger partial charge < -0.3 is 5.11 Å². The summed E-state index contributed by atoms with van der Waals surface area (Å²) in [7, 11) is -3.01. The van der Waals surface area contributed by atoms with Crippen molar-refractivity contribution >= 4 is 26.8 Å². The number of fused-ring (bicyclic) bond motifs is 1. The summed E-state index contributed by atoms with van der Waals surface area (Å²) in [6, 6.07) is 4.52. The standard InChI is InChI=1S/C11H13N3O4S/c1-19(17,18)6-2-5-14-10-7-8(11(15)16)3-4-9(10)12-13-14/h3-4,7H,2,5-6H2,1H3,(H,15,16). The van der Waals surface area contributed by atoms with Crippen molar-refractivity contribution < 1.29 is 18.3 Å². The number of carboxylic acids is 1. The molecule has 0 atom stereocenters. The van der Waals surface area contributed by atoms with Crippen LogP contribution in [-0.4, -0.2) is 46.5 Å². The number of hydrogen-bond acceptors (Lipinski definition) is 5. The minimum Gasteiger partial charge on any atom is -0.478 e. The second-order valence-corrected chi connectivity index (χ2v) is 6.56. The van der Waals surface area contributed by atoms with Crippen molar-refractivity contribution in [2.45, 2.75) is 13.0 Å². The maximum absolute atomic E-state index is 11.0. The molecule has 1 aromatic heterocycles. The molecular formula is C11H13N3O4S. The molecule has 2 rings (SSSR count). The Morgan fingerprint density at radius 1 is 1.42 bits per heavy atom. The Morgan fingerprint density at radius 3 is 2.79 bits per heavy atom. The molecule has 0 aliphatic heterocycles. The molecule has 0 aliphatic carbocycles. The molecule has 0 radical (unpaired) electrons. The van der Waals surface area contributed by atoms with Crippen LogP contribution in [0.2, 0.25) is 0 Å². The number of benzene rings is 1. The summed E-state index contributed by atoms with van der Waals surface area (Å²) in [5.41, 5.74) is 1.33. The van der Waals surface area contributed by atoms with Crippen LogP contribution < -0.4 is 0 Å². The average Bonchev–Trinajstić information content (AvgIpc) is 2.70. The maximum Gasteiger partial charge on any atom is 0.335 e. The molecule has 0 fully saturated rings. The number of nitrogens with zero attached hydrogens (tertiary/aromatic N) is 3. The molecule has 1 N–H and O–H groups in total. The molecule has 102 valence electrons. The first kappa shape index (κ1) is 13.5. The number of rotatable bonds is 5. The third-order valence-corrected chi connectivity index (χ3v) is 3.68. The largest absolute Gasteiger partial charge is 0.478 e. The number of aromatic carboxylic acids is 1. The second-order valence-electron chi connectivity index (χ2n) is 4.30. The monoisotopic (exact) mass is 283 g/mol. The van der Waals surface area contributed by atoms with Crippen LogP contribution >= 0.6 is 0 Å². The molecule has 2 aromatic rings. The van der Waals surface area contributed by atoms with Gasteiger partial charge >= 0.3 is 5.97 Å². The zero-order valence-corrected chi connectivity index (χ0v) is 11.1. The van der Waals surface area contributed by atoms with Crippen molar-refractivity contribution in [3.8, 4) is 0 Å². The molecule has 19 heavy (non-hydrogen) atoms. The van der Waals surface area contributed by atoms with Gasteiger partial charge in [0.1, 0.15) is 15.4 Å². The first-order valence-electron chi connectivity index (χ1n) is 5.61. The Hall–Kier alpha value is -1.96. The fourth-order valence-corrected chi connectivity index (χ4v) is 2.39. The average molecular weight is 283 g/mol. The summed E-state index contributed by atoms with van der Waals surface area (Å²) in [6.07, 6.45) is 1.59. The number of carboxylic acid groups (broad SMARTS) is 1. The van der Waals surface area contributed by atoms with Crippen molar-refractivity contribution in [3.63, 3.8) is 0 Å². The SMILES string of the molecule is CS(=O)(=O)CCCn1nnc2ccc(C(=O)O)cc21. The van der Waals surface area contributed by atoms with Gasteiger partial charge in [0.05, 0.1) is 16.8 Å². The highest BCUT2D eigenvalue weighted by Crippen LogP contribution is 2.14. The maximum atomic E-state index is 11.0. The number of hydrogen-bond donors (Lipinski definition) is 1. The van der Waals surface area contributed by atoms with Crippen LogP contribution in [0.4, 0.5) is 0 Å². The van der Waals surface area contributed by atoms with Gasteiger partial charge in [-0.2, -0.15) is 0 Å². The predicted molar refractivity (Wildman–Crippen MR) is 68.8 cm³/mol. The minimum absolute atomic E-state index is 0.0625. The summed E-state index contributed by atoms with van der Waals surface area (Å²) in [4.78, 5) is 10.9. The number of carbonyl (C=O) groups is 1. The third kappa shape index (κ3) is 3.28. The van der Waals surface area contributed by atoms with Crippen molar-refractivity contribution in [1.82, 2.24) is 15.0 Å². The zero-order chi connectivity index (χ0) is 14.0. The molecule has 0 saturated carbocycles. The van der Waals surface area contributed by atoms with Crippen LogP contribution in [0.1, 0.15) is 16.8 Å². The highest BCUT2D eigenvalue weighted by Gasteiger charge is 2.10. The van der Waals surface area contributed by atoms with Crippen LogP contribution in [0.25, 0.3) is 11.0 Å². The van der Waals surface area contributed by atoms with Crippen LogP contribution in [0, 0.1) is 0 Å². The van der Waals surface area contributed by atoms with E-state index in [1.54, 1.807) is 6.07 Å². The van der Waals surface area contributed by atoms with E-state index in [-0.39, 0.29) is 11.3 Å². The molecule has 0 bridgehead atoms. The summed E-state index contributed by atoms with van der Waals surface area (Å²) < 4.78 is 23.6. The van der Waals surface area contributed by atoms with E-state index in [1.165, 1.54) is 23.1 Å². The zero-order valence-electron chi connectivity index (χ0n) is 10.3. The Labute approximate surface area is 109 Å². The minimum atomic E-state index is -3.01. The number of sulfone groups is 1. The van der Waals surface area contributed by atoms with Gasteiger partial charge in [0.15, 0.2) is 0 Å². The van der Waals surface area contributed by atoms with E-state index in [1.807, 2.05) is 0 Å². The fourth-order valence-electron chi connectivity index (χ4n) is 1.74. The molecule has 1 aromatic carbocycles. The van der Waals surface area contributed by atoms with Gasteiger partial charge in [-0.1, -0.05) is 5.21 Å². The normalized spacial score (nSPS) is 11.8. The smallest absolute Gasteiger partial charge is 0.335 e. The van der Waals surface area contributed by atoms with Gasteiger partial charge in [0.25, 0.3) is 0 Å². The summed E-state index contributed by atoms with van der Waals surface area (Å²) in [5, 5.41) is 16.7. The van der Waals surface area contributed by atoms with E-state index in [9.17, 15) is 13.2 Å². The predicted octanol–water partition coefficient (Wildman–Crippen LogP) is 0.564. The third-order valence-electron chi connectivity index (χ3n) is 2.65. The molecule has 7 nitrogen and oxygen atoms in total. The van der Waals surface area contributed by atoms with E-state index in [0.717, 1.165) is 0 Å².